The molecule has 1 fully saturated rings. The summed E-state index contributed by atoms with van der Waals surface area (Å²) in [6.45, 7) is 3.35. The summed E-state index contributed by atoms with van der Waals surface area (Å²) < 4.78 is 7.40. The monoisotopic (exact) mass is 426 g/mol. The van der Waals surface area contributed by atoms with Crippen molar-refractivity contribution in [2.75, 3.05) is 41.8 Å². The first kappa shape index (κ1) is 18.8. The number of nitrogens with one attached hydrogen (secondary N) is 2. The molecule has 8 heteroatoms. The van der Waals surface area contributed by atoms with Gasteiger partial charge in [-0.2, -0.15) is 0 Å². The van der Waals surface area contributed by atoms with E-state index in [2.05, 4.69) is 44.8 Å². The van der Waals surface area contributed by atoms with Crippen LogP contribution in [-0.2, 0) is 16.0 Å². The molecule has 2 aliphatic rings. The van der Waals surface area contributed by atoms with Gasteiger partial charge in [-0.05, 0) is 35.9 Å². The molecule has 1 saturated heterocycles. The van der Waals surface area contributed by atoms with E-state index in [0.717, 1.165) is 60.1 Å². The molecule has 0 saturated carbocycles. The Morgan fingerprint density at radius 3 is 2.75 bits per heavy atom. The number of nitrogens with zero attached hydrogens (tertiary/aromatic N) is 4. The Hall–Kier alpha value is -3.91. The standard InChI is InChI=1S/C24H22N6O2/c31-22-14-17-2-1-16(13-20(17)27-22)21-15-30-8-7-25-24(30)23(28-21)26-18-3-5-19(6-4-18)29-9-11-32-12-10-29/h1-8,13,15H,9-12,14H2,(H,26,28)(H,27,31). The van der Waals surface area contributed by atoms with Gasteiger partial charge in [-0.3, -0.25) is 4.79 Å². The van der Waals surface area contributed by atoms with Crippen LogP contribution in [0.3, 0.4) is 0 Å². The molecule has 2 aromatic carbocycles. The van der Waals surface area contributed by atoms with Crippen LogP contribution >= 0.6 is 0 Å². The second-order valence-electron chi connectivity index (χ2n) is 8.00. The van der Waals surface area contributed by atoms with Crippen molar-refractivity contribution in [3.05, 3.63) is 66.6 Å². The molecular weight excluding hydrogens is 404 g/mol. The molecule has 4 heterocycles. The van der Waals surface area contributed by atoms with E-state index < -0.39 is 0 Å². The van der Waals surface area contributed by atoms with Gasteiger partial charge in [0, 0.05) is 54.3 Å². The van der Waals surface area contributed by atoms with E-state index in [-0.39, 0.29) is 5.91 Å². The van der Waals surface area contributed by atoms with Crippen molar-refractivity contribution < 1.29 is 9.53 Å². The molecule has 0 radical (unpaired) electrons. The van der Waals surface area contributed by atoms with Gasteiger partial charge < -0.3 is 24.7 Å². The number of morpholine rings is 1. The van der Waals surface area contributed by atoms with Crippen LogP contribution in [0.4, 0.5) is 22.9 Å². The molecule has 0 unspecified atom stereocenters. The van der Waals surface area contributed by atoms with Crippen LogP contribution < -0.4 is 15.5 Å². The highest BCUT2D eigenvalue weighted by atomic mass is 16.5. The second kappa shape index (κ2) is 7.65. The van der Waals surface area contributed by atoms with Gasteiger partial charge in [0.25, 0.3) is 0 Å². The summed E-state index contributed by atoms with van der Waals surface area (Å²) in [6, 6.07) is 14.3. The second-order valence-corrected chi connectivity index (χ2v) is 8.00. The number of anilines is 4. The molecule has 160 valence electrons. The molecule has 4 aromatic rings. The third-order valence-electron chi connectivity index (χ3n) is 5.91. The van der Waals surface area contributed by atoms with Crippen molar-refractivity contribution >= 4 is 34.4 Å². The summed E-state index contributed by atoms with van der Waals surface area (Å²) in [5, 5.41) is 6.34. The topological polar surface area (TPSA) is 83.8 Å². The van der Waals surface area contributed by atoms with E-state index in [4.69, 9.17) is 9.72 Å². The number of carbonyl (C=O) groups excluding carboxylic acids is 1. The molecule has 8 nitrogen and oxygen atoms in total. The molecular formula is C24H22N6O2. The lowest BCUT2D eigenvalue weighted by Gasteiger charge is -2.28. The van der Waals surface area contributed by atoms with Crippen LogP contribution in [0.1, 0.15) is 5.56 Å². The maximum absolute atomic E-state index is 11.7. The van der Waals surface area contributed by atoms with Gasteiger partial charge in [0.2, 0.25) is 5.91 Å². The highest BCUT2D eigenvalue weighted by molar-refractivity contribution is 5.99. The number of amides is 1. The highest BCUT2D eigenvalue weighted by Gasteiger charge is 2.19. The minimum Gasteiger partial charge on any atom is -0.378 e. The van der Waals surface area contributed by atoms with Crippen molar-refractivity contribution in [2.24, 2.45) is 0 Å². The number of carbonyl (C=O) groups is 1. The predicted octanol–water partition coefficient (Wildman–Crippen LogP) is 3.47. The number of fused-ring (bicyclic) bond motifs is 2. The Morgan fingerprint density at radius 2 is 1.91 bits per heavy atom. The van der Waals surface area contributed by atoms with Crippen LogP contribution in [0.25, 0.3) is 16.9 Å². The fourth-order valence-corrected chi connectivity index (χ4v) is 4.24. The summed E-state index contributed by atoms with van der Waals surface area (Å²) in [5.74, 6) is 0.703. The van der Waals surface area contributed by atoms with E-state index in [1.807, 2.05) is 35.0 Å². The van der Waals surface area contributed by atoms with E-state index in [1.165, 1.54) is 5.69 Å². The number of hydrogen-bond donors (Lipinski definition) is 2. The first-order valence-corrected chi connectivity index (χ1v) is 10.7. The number of aromatic nitrogens is 3. The van der Waals surface area contributed by atoms with Crippen molar-refractivity contribution in [1.29, 1.82) is 0 Å². The maximum atomic E-state index is 11.7. The first-order valence-electron chi connectivity index (χ1n) is 10.7. The Bertz CT molecular complexity index is 1310. The number of rotatable bonds is 4. The minimum absolute atomic E-state index is 0.0260. The van der Waals surface area contributed by atoms with Gasteiger partial charge in [0.05, 0.1) is 25.3 Å². The van der Waals surface area contributed by atoms with E-state index >= 15 is 0 Å². The van der Waals surface area contributed by atoms with Gasteiger partial charge >= 0.3 is 0 Å². The Balaban J connectivity index is 1.31. The third kappa shape index (κ3) is 3.44. The average Bonchev–Trinajstić information content (AvgIpc) is 3.45. The van der Waals surface area contributed by atoms with Gasteiger partial charge in [0.15, 0.2) is 11.5 Å². The molecule has 6 rings (SSSR count). The quantitative estimate of drug-likeness (QED) is 0.520. The third-order valence-corrected chi connectivity index (χ3v) is 5.91. The SMILES string of the molecule is O=C1Cc2ccc(-c3cn4ccnc4c(Nc4ccc(N5CCOCC5)cc4)n3)cc2N1. The predicted molar refractivity (Wildman–Crippen MR) is 124 cm³/mol. The van der Waals surface area contributed by atoms with Crippen LogP contribution in [0.5, 0.6) is 0 Å². The molecule has 0 spiro atoms. The largest absolute Gasteiger partial charge is 0.378 e. The van der Waals surface area contributed by atoms with Crippen molar-refractivity contribution in [1.82, 2.24) is 14.4 Å². The fraction of sp³-hybridized carbons (Fsp3) is 0.208. The van der Waals surface area contributed by atoms with Crippen LogP contribution in [0.2, 0.25) is 0 Å². The molecule has 0 atom stereocenters. The molecule has 2 aromatic heterocycles. The van der Waals surface area contributed by atoms with Gasteiger partial charge in [-0.1, -0.05) is 12.1 Å². The zero-order valence-electron chi connectivity index (χ0n) is 17.4. The number of hydrogen-bond acceptors (Lipinski definition) is 6. The van der Waals surface area contributed by atoms with Crippen molar-refractivity contribution in [3.63, 3.8) is 0 Å². The normalized spacial score (nSPS) is 15.6. The van der Waals surface area contributed by atoms with Crippen LogP contribution in [0.15, 0.2) is 61.1 Å². The van der Waals surface area contributed by atoms with E-state index in [9.17, 15) is 4.79 Å². The lowest BCUT2D eigenvalue weighted by molar-refractivity contribution is -0.115. The number of ether oxygens (including phenoxy) is 1. The smallest absolute Gasteiger partial charge is 0.228 e. The summed E-state index contributed by atoms with van der Waals surface area (Å²) in [5.41, 5.74) is 6.48. The highest BCUT2D eigenvalue weighted by Crippen LogP contribution is 2.30. The summed E-state index contributed by atoms with van der Waals surface area (Å²) in [7, 11) is 0. The number of imidazole rings is 1. The lowest BCUT2D eigenvalue weighted by atomic mass is 10.1. The van der Waals surface area contributed by atoms with Gasteiger partial charge in [0.1, 0.15) is 0 Å². The molecule has 2 aliphatic heterocycles. The molecule has 1 amide bonds. The van der Waals surface area contributed by atoms with Crippen LogP contribution in [-0.4, -0.2) is 46.6 Å². The van der Waals surface area contributed by atoms with Gasteiger partial charge in [-0.15, -0.1) is 0 Å². The Morgan fingerprint density at radius 1 is 1.06 bits per heavy atom. The molecule has 0 aliphatic carbocycles. The zero-order valence-corrected chi connectivity index (χ0v) is 17.4. The number of benzene rings is 2. The van der Waals surface area contributed by atoms with Crippen molar-refractivity contribution in [2.45, 2.75) is 6.42 Å². The lowest BCUT2D eigenvalue weighted by Crippen LogP contribution is -2.36. The summed E-state index contributed by atoms with van der Waals surface area (Å²) in [4.78, 5) is 23.4. The average molecular weight is 426 g/mol. The van der Waals surface area contributed by atoms with Gasteiger partial charge in [-0.25, -0.2) is 9.97 Å². The molecule has 2 N–H and O–H groups in total. The van der Waals surface area contributed by atoms with Crippen LogP contribution in [0, 0.1) is 0 Å². The first-order chi connectivity index (χ1) is 15.7. The zero-order chi connectivity index (χ0) is 21.5. The Labute approximate surface area is 184 Å². The Kier molecular flexibility index (Phi) is 4.50. The minimum atomic E-state index is 0.0260. The summed E-state index contributed by atoms with van der Waals surface area (Å²) >= 11 is 0. The molecule has 32 heavy (non-hydrogen) atoms. The fourth-order valence-electron chi connectivity index (χ4n) is 4.24. The van der Waals surface area contributed by atoms with E-state index in [0.29, 0.717) is 12.2 Å². The maximum Gasteiger partial charge on any atom is 0.228 e. The van der Waals surface area contributed by atoms with E-state index in [1.54, 1.807) is 6.20 Å². The van der Waals surface area contributed by atoms with Crippen molar-refractivity contribution in [3.8, 4) is 11.3 Å². The molecule has 0 bridgehead atoms. The summed E-state index contributed by atoms with van der Waals surface area (Å²) in [6.07, 6.45) is 6.04.